The summed E-state index contributed by atoms with van der Waals surface area (Å²) in [6.07, 6.45) is -4.13. The molecule has 8 heteroatoms. The topological polar surface area (TPSA) is 73.2 Å². The van der Waals surface area contributed by atoms with Gasteiger partial charge in [0, 0.05) is 42.1 Å². The van der Waals surface area contributed by atoms with Crippen LogP contribution in [0.3, 0.4) is 0 Å². The van der Waals surface area contributed by atoms with Gasteiger partial charge in [-0.05, 0) is 36.2 Å². The van der Waals surface area contributed by atoms with Gasteiger partial charge in [-0.3, -0.25) is 0 Å². The number of carbonyl (C=O) groups excluding carboxylic acids is 1. The molecule has 2 aromatic carbocycles. The minimum Gasteiger partial charge on any atom is -0.400 e. The number of aldehydes is 1. The zero-order chi connectivity index (χ0) is 20.6. The molecule has 0 atom stereocenters. The average molecular weight is 401 g/mol. The molecule has 0 heterocycles. The number of carbonyl (C=O) groups is 1. The predicted molar refractivity (Wildman–Crippen MR) is 101 cm³/mol. The summed E-state index contributed by atoms with van der Waals surface area (Å²) in [7, 11) is 1.00. The maximum Gasteiger partial charge on any atom is 0.416 e. The predicted octanol–water partition coefficient (Wildman–Crippen LogP) is 4.84. The number of rotatable bonds is 6. The van der Waals surface area contributed by atoms with Crippen LogP contribution >= 0.6 is 11.6 Å². The zero-order valence-corrected chi connectivity index (χ0v) is 15.6. The fraction of sp³-hybridized carbons (Fsp3) is 0.263. The number of anilines is 1. The summed E-state index contributed by atoms with van der Waals surface area (Å²) in [4.78, 5) is 10.6. The van der Waals surface area contributed by atoms with E-state index in [9.17, 15) is 18.0 Å². The van der Waals surface area contributed by atoms with Crippen molar-refractivity contribution < 1.29 is 23.1 Å². The van der Waals surface area contributed by atoms with Gasteiger partial charge in [0.25, 0.3) is 0 Å². The van der Waals surface area contributed by atoms with Crippen molar-refractivity contribution in [3.63, 3.8) is 0 Å². The zero-order valence-electron chi connectivity index (χ0n) is 14.8. The molecular weight excluding hydrogens is 381 g/mol. The Hall–Kier alpha value is -2.38. The highest BCUT2D eigenvalue weighted by molar-refractivity contribution is 6.31. The summed E-state index contributed by atoms with van der Waals surface area (Å²) in [5.41, 5.74) is 1.20. The number of halogens is 4. The third kappa shape index (κ3) is 6.37. The van der Waals surface area contributed by atoms with Gasteiger partial charge in [-0.2, -0.15) is 13.2 Å². The lowest BCUT2D eigenvalue weighted by Gasteiger charge is -2.16. The second kappa shape index (κ2) is 10.1. The molecule has 0 saturated carbocycles. The molecule has 0 aliphatic heterocycles. The molecule has 27 heavy (non-hydrogen) atoms. The highest BCUT2D eigenvalue weighted by Gasteiger charge is 2.31. The number of alkyl halides is 3. The van der Waals surface area contributed by atoms with Crippen LogP contribution < -0.4 is 5.32 Å². The SMILES string of the molecule is CO.Cc1ccc(CNc2cc(C(F)(F)F)ccc2C(=N)CC=O)c(Cl)c1. The second-order valence-corrected chi connectivity index (χ2v) is 5.96. The molecule has 0 aliphatic rings. The van der Waals surface area contributed by atoms with Crippen molar-refractivity contribution in [1.29, 1.82) is 5.41 Å². The molecule has 0 saturated heterocycles. The van der Waals surface area contributed by atoms with Gasteiger partial charge in [0.1, 0.15) is 6.29 Å². The summed E-state index contributed by atoms with van der Waals surface area (Å²) in [6.45, 7) is 2.08. The number of benzene rings is 2. The van der Waals surface area contributed by atoms with Gasteiger partial charge in [-0.25, -0.2) is 0 Å². The van der Waals surface area contributed by atoms with E-state index in [1.165, 1.54) is 6.07 Å². The van der Waals surface area contributed by atoms with Crippen LogP contribution in [0.1, 0.15) is 28.7 Å². The first-order valence-corrected chi connectivity index (χ1v) is 8.26. The second-order valence-electron chi connectivity index (χ2n) is 5.56. The summed E-state index contributed by atoms with van der Waals surface area (Å²) in [6, 6.07) is 8.45. The molecule has 146 valence electrons. The van der Waals surface area contributed by atoms with E-state index in [1.807, 2.05) is 13.0 Å². The van der Waals surface area contributed by atoms with Crippen LogP contribution in [0.15, 0.2) is 36.4 Å². The Labute approximate surface area is 160 Å². The molecule has 0 bridgehead atoms. The average Bonchev–Trinajstić information content (AvgIpc) is 2.62. The summed E-state index contributed by atoms with van der Waals surface area (Å²) in [5, 5.41) is 18.3. The van der Waals surface area contributed by atoms with Gasteiger partial charge < -0.3 is 20.6 Å². The Bertz CT molecular complexity index is 808. The first-order chi connectivity index (χ1) is 12.7. The molecule has 3 N–H and O–H groups in total. The van der Waals surface area contributed by atoms with Crippen molar-refractivity contribution in [2.45, 2.75) is 26.1 Å². The molecule has 4 nitrogen and oxygen atoms in total. The van der Waals surface area contributed by atoms with Crippen LogP contribution in [0.2, 0.25) is 5.02 Å². The normalized spacial score (nSPS) is 10.6. The Morgan fingerprint density at radius 1 is 1.22 bits per heavy atom. The number of hydrogen-bond acceptors (Lipinski definition) is 4. The van der Waals surface area contributed by atoms with Crippen LogP contribution in [0.4, 0.5) is 18.9 Å². The van der Waals surface area contributed by atoms with Crippen LogP contribution in [0.25, 0.3) is 0 Å². The molecule has 0 aromatic heterocycles. The quantitative estimate of drug-likeness (QED) is 0.479. The van der Waals surface area contributed by atoms with Gasteiger partial charge >= 0.3 is 6.18 Å². The van der Waals surface area contributed by atoms with Crippen molar-refractivity contribution in [2.24, 2.45) is 0 Å². The number of aliphatic hydroxyl groups is 1. The third-order valence-electron chi connectivity index (χ3n) is 3.64. The Kier molecular flexibility index (Phi) is 8.46. The van der Waals surface area contributed by atoms with E-state index in [4.69, 9.17) is 22.1 Å². The molecule has 0 amide bonds. The van der Waals surface area contributed by atoms with E-state index in [0.29, 0.717) is 11.3 Å². The van der Waals surface area contributed by atoms with Gasteiger partial charge in [0.2, 0.25) is 0 Å². The first-order valence-electron chi connectivity index (χ1n) is 7.88. The van der Waals surface area contributed by atoms with Gasteiger partial charge in [-0.15, -0.1) is 0 Å². The molecular formula is C19H20ClF3N2O2. The number of aliphatic hydroxyl groups excluding tert-OH is 1. The van der Waals surface area contributed by atoms with E-state index in [-0.39, 0.29) is 29.9 Å². The lowest BCUT2D eigenvalue weighted by atomic mass is 10.0. The minimum atomic E-state index is -4.50. The first kappa shape index (κ1) is 22.7. The monoisotopic (exact) mass is 400 g/mol. The van der Waals surface area contributed by atoms with Gasteiger partial charge in [0.05, 0.1) is 5.56 Å². The summed E-state index contributed by atoms with van der Waals surface area (Å²) in [5.74, 6) is 0. The van der Waals surface area contributed by atoms with Crippen LogP contribution in [-0.4, -0.2) is 24.2 Å². The lowest BCUT2D eigenvalue weighted by Crippen LogP contribution is -2.11. The lowest BCUT2D eigenvalue weighted by molar-refractivity contribution is -0.137. The van der Waals surface area contributed by atoms with Crippen LogP contribution in [-0.2, 0) is 17.5 Å². The van der Waals surface area contributed by atoms with E-state index >= 15 is 0 Å². The summed E-state index contributed by atoms with van der Waals surface area (Å²) < 4.78 is 38.9. The molecule has 0 unspecified atom stereocenters. The van der Waals surface area contributed by atoms with Crippen molar-refractivity contribution in [2.75, 3.05) is 12.4 Å². The Morgan fingerprint density at radius 2 is 1.89 bits per heavy atom. The maximum atomic E-state index is 13.0. The van der Waals surface area contributed by atoms with Gasteiger partial charge in [0.15, 0.2) is 0 Å². The van der Waals surface area contributed by atoms with E-state index < -0.39 is 11.7 Å². The standard InChI is InChI=1S/C18H16ClF3N2O.CH4O/c1-11-2-3-12(15(19)8-11)10-24-17-9-13(18(20,21)22)4-5-14(17)16(23)6-7-25;1-2/h2-5,7-9,23-24H,6,10H2,1H3;2H,1H3. The number of aryl methyl sites for hydroxylation is 1. The Balaban J connectivity index is 0.00000176. The van der Waals surface area contributed by atoms with E-state index in [2.05, 4.69) is 5.32 Å². The molecule has 0 aliphatic carbocycles. The molecule has 2 rings (SSSR count). The smallest absolute Gasteiger partial charge is 0.400 e. The number of hydrogen-bond donors (Lipinski definition) is 3. The van der Waals surface area contributed by atoms with Crippen LogP contribution in [0.5, 0.6) is 0 Å². The number of nitrogens with one attached hydrogen (secondary N) is 2. The fourth-order valence-electron chi connectivity index (χ4n) is 2.31. The molecule has 0 fully saturated rings. The largest absolute Gasteiger partial charge is 0.416 e. The van der Waals surface area contributed by atoms with Crippen LogP contribution in [0, 0.1) is 12.3 Å². The molecule has 0 radical (unpaired) electrons. The van der Waals surface area contributed by atoms with Crippen molar-refractivity contribution in [3.8, 4) is 0 Å². The van der Waals surface area contributed by atoms with Crippen molar-refractivity contribution >= 4 is 29.3 Å². The van der Waals surface area contributed by atoms with E-state index in [1.54, 1.807) is 12.1 Å². The highest BCUT2D eigenvalue weighted by Crippen LogP contribution is 2.33. The summed E-state index contributed by atoms with van der Waals surface area (Å²) >= 11 is 6.14. The molecule has 2 aromatic rings. The maximum absolute atomic E-state index is 13.0. The fourth-order valence-corrected chi connectivity index (χ4v) is 2.61. The third-order valence-corrected chi connectivity index (χ3v) is 3.99. The highest BCUT2D eigenvalue weighted by atomic mass is 35.5. The Morgan fingerprint density at radius 3 is 2.44 bits per heavy atom. The minimum absolute atomic E-state index is 0.0544. The van der Waals surface area contributed by atoms with Gasteiger partial charge in [-0.1, -0.05) is 29.8 Å². The molecule has 0 spiro atoms. The van der Waals surface area contributed by atoms with Crippen molar-refractivity contribution in [1.82, 2.24) is 0 Å². The van der Waals surface area contributed by atoms with E-state index in [0.717, 1.165) is 30.4 Å². The van der Waals surface area contributed by atoms with Crippen molar-refractivity contribution in [3.05, 3.63) is 63.7 Å².